The number of nitrogens with zero attached hydrogens (tertiary/aromatic N) is 2. The van der Waals surface area contributed by atoms with E-state index < -0.39 is 0 Å². The van der Waals surface area contributed by atoms with Gasteiger partial charge >= 0.3 is 0 Å². The molecule has 19 heavy (non-hydrogen) atoms. The van der Waals surface area contributed by atoms with E-state index in [4.69, 9.17) is 9.26 Å². The summed E-state index contributed by atoms with van der Waals surface area (Å²) in [6, 6.07) is 9.82. The first-order valence-corrected chi connectivity index (χ1v) is 6.62. The Morgan fingerprint density at radius 1 is 1.26 bits per heavy atom. The second kappa shape index (κ2) is 5.95. The Morgan fingerprint density at radius 3 is 2.95 bits per heavy atom. The van der Waals surface area contributed by atoms with Gasteiger partial charge < -0.3 is 14.6 Å². The number of rotatable bonds is 5. The van der Waals surface area contributed by atoms with E-state index in [0.717, 1.165) is 31.6 Å². The van der Waals surface area contributed by atoms with Crippen molar-refractivity contribution in [2.45, 2.75) is 25.5 Å². The molecule has 2 heterocycles. The smallest absolute Gasteiger partial charge is 0.240 e. The van der Waals surface area contributed by atoms with E-state index in [2.05, 4.69) is 15.5 Å². The standard InChI is InChI=1S/C14H17N3O2/c1-2-5-11(6-3-1)14-16-13(19-17-14)10-15-9-12-7-4-8-18-12/h1-3,5-6,12,15H,4,7-10H2. The first kappa shape index (κ1) is 12.3. The molecular formula is C14H17N3O2. The Labute approximate surface area is 112 Å². The molecule has 1 aliphatic heterocycles. The molecule has 0 saturated carbocycles. The number of nitrogens with one attached hydrogen (secondary N) is 1. The lowest BCUT2D eigenvalue weighted by Crippen LogP contribution is -2.25. The molecular weight excluding hydrogens is 242 g/mol. The lowest BCUT2D eigenvalue weighted by molar-refractivity contribution is 0.109. The van der Waals surface area contributed by atoms with Crippen LogP contribution in [0.15, 0.2) is 34.9 Å². The summed E-state index contributed by atoms with van der Waals surface area (Å²) in [5.74, 6) is 1.24. The maximum absolute atomic E-state index is 5.54. The maximum Gasteiger partial charge on any atom is 0.240 e. The van der Waals surface area contributed by atoms with Crippen LogP contribution in [-0.4, -0.2) is 29.4 Å². The van der Waals surface area contributed by atoms with Crippen molar-refractivity contribution in [3.63, 3.8) is 0 Å². The van der Waals surface area contributed by atoms with Crippen molar-refractivity contribution in [2.24, 2.45) is 0 Å². The largest absolute Gasteiger partial charge is 0.377 e. The van der Waals surface area contributed by atoms with E-state index in [1.54, 1.807) is 0 Å². The molecule has 5 nitrogen and oxygen atoms in total. The number of ether oxygens (including phenoxy) is 1. The lowest BCUT2D eigenvalue weighted by atomic mass is 10.2. The fourth-order valence-corrected chi connectivity index (χ4v) is 2.18. The highest BCUT2D eigenvalue weighted by molar-refractivity contribution is 5.53. The highest BCUT2D eigenvalue weighted by Gasteiger charge is 2.15. The van der Waals surface area contributed by atoms with Crippen molar-refractivity contribution in [1.29, 1.82) is 0 Å². The van der Waals surface area contributed by atoms with Gasteiger partial charge in [-0.15, -0.1) is 0 Å². The van der Waals surface area contributed by atoms with Gasteiger partial charge in [0.1, 0.15) is 0 Å². The number of hydrogen-bond donors (Lipinski definition) is 1. The molecule has 1 unspecified atom stereocenters. The van der Waals surface area contributed by atoms with Crippen molar-refractivity contribution in [3.8, 4) is 11.4 Å². The van der Waals surface area contributed by atoms with E-state index in [1.807, 2.05) is 30.3 Å². The topological polar surface area (TPSA) is 60.2 Å². The highest BCUT2D eigenvalue weighted by Crippen LogP contribution is 2.15. The van der Waals surface area contributed by atoms with Crippen LogP contribution < -0.4 is 5.32 Å². The van der Waals surface area contributed by atoms with Gasteiger partial charge in [-0.2, -0.15) is 4.98 Å². The zero-order valence-electron chi connectivity index (χ0n) is 10.7. The maximum atomic E-state index is 5.54. The van der Waals surface area contributed by atoms with Crippen LogP contribution in [0, 0.1) is 0 Å². The summed E-state index contributed by atoms with van der Waals surface area (Å²) in [6.45, 7) is 2.30. The summed E-state index contributed by atoms with van der Waals surface area (Å²) in [6.07, 6.45) is 2.62. The summed E-state index contributed by atoms with van der Waals surface area (Å²) < 4.78 is 10.8. The normalized spacial score (nSPS) is 18.8. The third-order valence-electron chi connectivity index (χ3n) is 3.17. The van der Waals surface area contributed by atoms with Crippen LogP contribution in [0.1, 0.15) is 18.7 Å². The van der Waals surface area contributed by atoms with Crippen molar-refractivity contribution in [1.82, 2.24) is 15.5 Å². The number of aromatic nitrogens is 2. The molecule has 0 radical (unpaired) electrons. The van der Waals surface area contributed by atoms with Crippen molar-refractivity contribution >= 4 is 0 Å². The third-order valence-corrected chi connectivity index (χ3v) is 3.17. The second-order valence-corrected chi connectivity index (χ2v) is 4.64. The summed E-state index contributed by atoms with van der Waals surface area (Å²) >= 11 is 0. The number of benzene rings is 1. The van der Waals surface area contributed by atoms with Crippen LogP contribution >= 0.6 is 0 Å². The molecule has 0 aliphatic carbocycles. The molecule has 5 heteroatoms. The minimum atomic E-state index is 0.330. The Morgan fingerprint density at radius 2 is 2.16 bits per heavy atom. The predicted molar refractivity (Wildman–Crippen MR) is 70.4 cm³/mol. The van der Waals surface area contributed by atoms with Crippen molar-refractivity contribution < 1.29 is 9.26 Å². The monoisotopic (exact) mass is 259 g/mol. The van der Waals surface area contributed by atoms with E-state index in [1.165, 1.54) is 0 Å². The predicted octanol–water partition coefficient (Wildman–Crippen LogP) is 2.01. The molecule has 1 aliphatic rings. The van der Waals surface area contributed by atoms with Gasteiger partial charge in [-0.25, -0.2) is 0 Å². The first-order chi connectivity index (χ1) is 9.42. The van der Waals surface area contributed by atoms with Crippen molar-refractivity contribution in [3.05, 3.63) is 36.2 Å². The van der Waals surface area contributed by atoms with Gasteiger partial charge in [-0.05, 0) is 12.8 Å². The van der Waals surface area contributed by atoms with Crippen LogP contribution in [0.4, 0.5) is 0 Å². The SMILES string of the molecule is c1ccc(-c2noc(CNCC3CCCO3)n2)cc1. The van der Waals surface area contributed by atoms with Gasteiger partial charge in [0.2, 0.25) is 11.7 Å². The molecule has 1 saturated heterocycles. The third kappa shape index (κ3) is 3.19. The Balaban J connectivity index is 1.53. The van der Waals surface area contributed by atoms with Crippen LogP contribution in [0.5, 0.6) is 0 Å². The van der Waals surface area contributed by atoms with Gasteiger partial charge in [0.05, 0.1) is 12.6 Å². The van der Waals surface area contributed by atoms with Gasteiger partial charge in [-0.3, -0.25) is 0 Å². The molecule has 100 valence electrons. The molecule has 0 amide bonds. The molecule has 1 atom stereocenters. The van der Waals surface area contributed by atoms with Gasteiger partial charge in [0.15, 0.2) is 0 Å². The summed E-state index contributed by atoms with van der Waals surface area (Å²) in [4.78, 5) is 4.36. The molecule has 3 rings (SSSR count). The van der Waals surface area contributed by atoms with Crippen molar-refractivity contribution in [2.75, 3.05) is 13.2 Å². The molecule has 1 aromatic heterocycles. The molecule has 0 spiro atoms. The minimum Gasteiger partial charge on any atom is -0.377 e. The van der Waals surface area contributed by atoms with E-state index in [9.17, 15) is 0 Å². The first-order valence-electron chi connectivity index (χ1n) is 6.62. The van der Waals surface area contributed by atoms with Crippen LogP contribution in [0.2, 0.25) is 0 Å². The minimum absolute atomic E-state index is 0.330. The Hall–Kier alpha value is -1.72. The van der Waals surface area contributed by atoms with Crippen LogP contribution in [0.25, 0.3) is 11.4 Å². The van der Waals surface area contributed by atoms with Gasteiger partial charge in [0, 0.05) is 18.7 Å². The Kier molecular flexibility index (Phi) is 3.86. The zero-order chi connectivity index (χ0) is 12.9. The fourth-order valence-electron chi connectivity index (χ4n) is 2.18. The summed E-state index contributed by atoms with van der Waals surface area (Å²) in [7, 11) is 0. The molecule has 1 N–H and O–H groups in total. The summed E-state index contributed by atoms with van der Waals surface area (Å²) in [5, 5.41) is 7.27. The molecule has 1 fully saturated rings. The molecule has 1 aromatic carbocycles. The number of hydrogen-bond acceptors (Lipinski definition) is 5. The van der Waals surface area contributed by atoms with E-state index >= 15 is 0 Å². The highest BCUT2D eigenvalue weighted by atomic mass is 16.5. The van der Waals surface area contributed by atoms with Gasteiger partial charge in [-0.1, -0.05) is 35.5 Å². The average Bonchev–Trinajstić information content (AvgIpc) is 3.11. The lowest BCUT2D eigenvalue weighted by Gasteiger charge is -2.08. The van der Waals surface area contributed by atoms with Crippen LogP contribution in [-0.2, 0) is 11.3 Å². The second-order valence-electron chi connectivity index (χ2n) is 4.64. The van der Waals surface area contributed by atoms with Gasteiger partial charge in [0.25, 0.3) is 0 Å². The van der Waals surface area contributed by atoms with E-state index in [-0.39, 0.29) is 0 Å². The average molecular weight is 259 g/mol. The zero-order valence-corrected chi connectivity index (χ0v) is 10.7. The molecule has 0 bridgehead atoms. The fraction of sp³-hybridized carbons (Fsp3) is 0.429. The van der Waals surface area contributed by atoms with E-state index in [0.29, 0.717) is 24.4 Å². The van der Waals surface area contributed by atoms with Crippen LogP contribution in [0.3, 0.4) is 0 Å². The molecule has 2 aromatic rings. The summed E-state index contributed by atoms with van der Waals surface area (Å²) in [5.41, 5.74) is 0.969. The quantitative estimate of drug-likeness (QED) is 0.890. The Bertz CT molecular complexity index is 506.